The zero-order valence-corrected chi connectivity index (χ0v) is 17.4. The van der Waals surface area contributed by atoms with Crippen LogP contribution in [0.1, 0.15) is 35.7 Å². The molecule has 0 atom stereocenters. The molecule has 1 amide bonds. The van der Waals surface area contributed by atoms with Gasteiger partial charge >= 0.3 is 5.97 Å². The number of fused-ring (bicyclic) bond motifs is 1. The second kappa shape index (κ2) is 8.66. The Hall–Kier alpha value is -3.21. The van der Waals surface area contributed by atoms with Gasteiger partial charge in [-0.1, -0.05) is 48.9 Å². The predicted molar refractivity (Wildman–Crippen MR) is 117 cm³/mol. The van der Waals surface area contributed by atoms with E-state index < -0.39 is 5.97 Å². The van der Waals surface area contributed by atoms with Gasteiger partial charge in [-0.05, 0) is 43.9 Å². The number of nitrogens with zero attached hydrogens (tertiary/aromatic N) is 2. The molecule has 5 nitrogen and oxygen atoms in total. The Kier molecular flexibility index (Phi) is 5.79. The third kappa shape index (κ3) is 4.35. The zero-order chi connectivity index (χ0) is 21.1. The van der Waals surface area contributed by atoms with E-state index in [1.807, 2.05) is 55.5 Å². The lowest BCUT2D eigenvalue weighted by Gasteiger charge is -2.30. The Bertz CT molecular complexity index is 1070. The van der Waals surface area contributed by atoms with E-state index >= 15 is 0 Å². The minimum Gasteiger partial charge on any atom is -0.452 e. The Balaban J connectivity index is 1.59. The molecular formula is C25H26N2O3. The van der Waals surface area contributed by atoms with Gasteiger partial charge in [-0.2, -0.15) is 0 Å². The zero-order valence-electron chi connectivity index (χ0n) is 17.4. The van der Waals surface area contributed by atoms with Crippen LogP contribution in [0.15, 0.2) is 54.6 Å². The number of ether oxygens (including phenoxy) is 1. The van der Waals surface area contributed by atoms with Crippen LogP contribution in [0, 0.1) is 12.8 Å². The summed E-state index contributed by atoms with van der Waals surface area (Å²) in [6.45, 7) is 5.40. The van der Waals surface area contributed by atoms with Crippen molar-refractivity contribution in [3.63, 3.8) is 0 Å². The summed E-state index contributed by atoms with van der Waals surface area (Å²) in [4.78, 5) is 32.0. The molecule has 4 rings (SSSR count). The molecule has 5 heteroatoms. The number of esters is 1. The van der Waals surface area contributed by atoms with Gasteiger partial charge in [0.25, 0.3) is 5.91 Å². The summed E-state index contributed by atoms with van der Waals surface area (Å²) in [7, 11) is 0. The summed E-state index contributed by atoms with van der Waals surface area (Å²) in [5.74, 6) is 0.0106. The molecule has 0 N–H and O–H groups in total. The van der Waals surface area contributed by atoms with Crippen molar-refractivity contribution < 1.29 is 14.3 Å². The maximum absolute atomic E-state index is 13.0. The van der Waals surface area contributed by atoms with Crippen molar-refractivity contribution in [3.8, 4) is 11.3 Å². The summed E-state index contributed by atoms with van der Waals surface area (Å²) < 4.78 is 5.45. The van der Waals surface area contributed by atoms with Gasteiger partial charge in [0.2, 0.25) is 0 Å². The van der Waals surface area contributed by atoms with Gasteiger partial charge in [0.05, 0.1) is 16.8 Å². The van der Waals surface area contributed by atoms with Gasteiger partial charge in [-0.3, -0.25) is 4.79 Å². The van der Waals surface area contributed by atoms with Crippen LogP contribution in [0.3, 0.4) is 0 Å². The molecule has 30 heavy (non-hydrogen) atoms. The Labute approximate surface area is 176 Å². The van der Waals surface area contributed by atoms with E-state index in [0.29, 0.717) is 17.2 Å². The first kappa shape index (κ1) is 20.1. The van der Waals surface area contributed by atoms with E-state index in [0.717, 1.165) is 48.0 Å². The van der Waals surface area contributed by atoms with E-state index in [2.05, 4.69) is 6.92 Å². The molecule has 1 saturated heterocycles. The minimum atomic E-state index is -0.496. The molecule has 3 aromatic rings. The number of rotatable bonds is 4. The van der Waals surface area contributed by atoms with Crippen molar-refractivity contribution in [2.24, 2.45) is 5.92 Å². The Morgan fingerprint density at radius 1 is 1.07 bits per heavy atom. The van der Waals surface area contributed by atoms with Gasteiger partial charge in [-0.15, -0.1) is 0 Å². The first-order valence-corrected chi connectivity index (χ1v) is 10.4. The molecule has 1 aromatic heterocycles. The van der Waals surface area contributed by atoms with Gasteiger partial charge in [0.15, 0.2) is 6.61 Å². The highest BCUT2D eigenvalue weighted by atomic mass is 16.5. The fourth-order valence-corrected chi connectivity index (χ4v) is 3.82. The maximum atomic E-state index is 13.0. The second-order valence-corrected chi connectivity index (χ2v) is 8.08. The highest BCUT2D eigenvalue weighted by Crippen LogP contribution is 2.26. The number of likely N-dealkylation sites (tertiary alicyclic amines) is 1. The molecule has 1 fully saturated rings. The van der Waals surface area contributed by atoms with E-state index in [1.54, 1.807) is 11.0 Å². The largest absolute Gasteiger partial charge is 0.452 e. The van der Waals surface area contributed by atoms with E-state index in [9.17, 15) is 9.59 Å². The van der Waals surface area contributed by atoms with Crippen LogP contribution in [0.25, 0.3) is 22.2 Å². The molecule has 1 aliphatic rings. The van der Waals surface area contributed by atoms with Crippen molar-refractivity contribution in [3.05, 3.63) is 65.7 Å². The molecule has 1 aliphatic heterocycles. The van der Waals surface area contributed by atoms with Crippen LogP contribution >= 0.6 is 0 Å². The number of carbonyl (C=O) groups excluding carboxylic acids is 2. The number of amides is 1. The van der Waals surface area contributed by atoms with E-state index in [-0.39, 0.29) is 12.5 Å². The van der Waals surface area contributed by atoms with Crippen molar-refractivity contribution >= 4 is 22.8 Å². The summed E-state index contributed by atoms with van der Waals surface area (Å²) >= 11 is 0. The second-order valence-electron chi connectivity index (χ2n) is 8.08. The molecule has 0 spiro atoms. The predicted octanol–water partition coefficient (Wildman–Crippen LogP) is 4.63. The van der Waals surface area contributed by atoms with Crippen LogP contribution < -0.4 is 0 Å². The monoisotopic (exact) mass is 402 g/mol. The van der Waals surface area contributed by atoms with E-state index in [1.165, 1.54) is 0 Å². The number of pyridine rings is 1. The molecule has 0 aliphatic carbocycles. The van der Waals surface area contributed by atoms with Crippen molar-refractivity contribution in [2.45, 2.75) is 26.7 Å². The lowest BCUT2D eigenvalue weighted by Crippen LogP contribution is -2.40. The summed E-state index contributed by atoms with van der Waals surface area (Å²) in [5.41, 5.74) is 3.82. The normalized spacial score (nSPS) is 14.7. The molecule has 2 aromatic carbocycles. The third-order valence-electron chi connectivity index (χ3n) is 5.72. The number of benzene rings is 2. The minimum absolute atomic E-state index is 0.131. The fourth-order valence-electron chi connectivity index (χ4n) is 3.82. The summed E-state index contributed by atoms with van der Waals surface area (Å²) in [6, 6.07) is 17.3. The number of carbonyl (C=O) groups is 2. The van der Waals surface area contributed by atoms with Crippen LogP contribution in [0.4, 0.5) is 0 Å². The number of piperidine rings is 1. The first-order valence-electron chi connectivity index (χ1n) is 10.4. The van der Waals surface area contributed by atoms with Crippen LogP contribution in [-0.4, -0.2) is 41.5 Å². The average molecular weight is 402 g/mol. The van der Waals surface area contributed by atoms with Crippen LogP contribution in [-0.2, 0) is 9.53 Å². The SMILES string of the molecule is Cc1ccc2nc(-c3ccccc3)cc(C(=O)OCC(=O)N3CCC(C)CC3)c2c1. The van der Waals surface area contributed by atoms with Crippen molar-refractivity contribution in [1.29, 1.82) is 0 Å². The topological polar surface area (TPSA) is 59.5 Å². The number of aromatic nitrogens is 1. The lowest BCUT2D eigenvalue weighted by molar-refractivity contribution is -0.135. The van der Waals surface area contributed by atoms with Crippen molar-refractivity contribution in [2.75, 3.05) is 19.7 Å². The van der Waals surface area contributed by atoms with Gasteiger partial charge in [-0.25, -0.2) is 9.78 Å². The lowest BCUT2D eigenvalue weighted by atomic mass is 9.99. The molecule has 0 saturated carbocycles. The van der Waals surface area contributed by atoms with Gasteiger partial charge in [0, 0.05) is 24.0 Å². The molecule has 0 bridgehead atoms. The number of aryl methyl sites for hydroxylation is 1. The molecule has 0 unspecified atom stereocenters. The number of hydrogen-bond acceptors (Lipinski definition) is 4. The third-order valence-corrected chi connectivity index (χ3v) is 5.72. The Morgan fingerprint density at radius 3 is 2.53 bits per heavy atom. The van der Waals surface area contributed by atoms with Gasteiger partial charge in [0.1, 0.15) is 0 Å². The van der Waals surface area contributed by atoms with Gasteiger partial charge < -0.3 is 9.64 Å². The molecule has 0 radical (unpaired) electrons. The molecule has 154 valence electrons. The smallest absolute Gasteiger partial charge is 0.339 e. The number of hydrogen-bond donors (Lipinski definition) is 0. The Morgan fingerprint density at radius 2 is 1.80 bits per heavy atom. The molecule has 2 heterocycles. The van der Waals surface area contributed by atoms with Crippen molar-refractivity contribution in [1.82, 2.24) is 9.88 Å². The maximum Gasteiger partial charge on any atom is 0.339 e. The quantitative estimate of drug-likeness (QED) is 0.597. The standard InChI is InChI=1S/C25H26N2O3/c1-17-10-12-27(13-11-17)24(28)16-30-25(29)21-15-23(19-6-4-3-5-7-19)26-22-9-8-18(2)14-20(21)22/h3-9,14-15,17H,10-13,16H2,1-2H3. The summed E-state index contributed by atoms with van der Waals surface area (Å²) in [6.07, 6.45) is 1.99. The average Bonchev–Trinajstić information content (AvgIpc) is 2.77. The van der Waals surface area contributed by atoms with Crippen LogP contribution in [0.5, 0.6) is 0 Å². The summed E-state index contributed by atoms with van der Waals surface area (Å²) in [5, 5.41) is 0.735. The highest BCUT2D eigenvalue weighted by molar-refractivity contribution is 6.05. The fraction of sp³-hybridized carbons (Fsp3) is 0.320. The van der Waals surface area contributed by atoms with Crippen LogP contribution in [0.2, 0.25) is 0 Å². The van der Waals surface area contributed by atoms with E-state index in [4.69, 9.17) is 9.72 Å². The highest BCUT2D eigenvalue weighted by Gasteiger charge is 2.22. The molecular weight excluding hydrogens is 376 g/mol. The first-order chi connectivity index (χ1) is 14.5.